The summed E-state index contributed by atoms with van der Waals surface area (Å²) in [6.45, 7) is 6.19. The summed E-state index contributed by atoms with van der Waals surface area (Å²) in [5.74, 6) is 3.14. The van der Waals surface area contributed by atoms with Gasteiger partial charge in [0.15, 0.2) is 0 Å². The number of rotatable bonds is 2. The minimum absolute atomic E-state index is 0.765. The SMILES string of the molecule is Cc1c2c(c(CC3CCNC3)c3c1OCC3)OCC2. The van der Waals surface area contributed by atoms with E-state index in [-0.39, 0.29) is 0 Å². The Hall–Kier alpha value is -1.22. The van der Waals surface area contributed by atoms with E-state index in [4.69, 9.17) is 9.47 Å². The summed E-state index contributed by atoms with van der Waals surface area (Å²) >= 11 is 0. The minimum Gasteiger partial charge on any atom is -0.493 e. The number of ether oxygens (including phenoxy) is 2. The molecule has 1 N–H and O–H groups in total. The molecule has 1 fully saturated rings. The zero-order valence-corrected chi connectivity index (χ0v) is 11.6. The fourth-order valence-corrected chi connectivity index (χ4v) is 3.83. The minimum atomic E-state index is 0.765. The molecule has 0 bridgehead atoms. The van der Waals surface area contributed by atoms with Crippen molar-refractivity contribution in [1.29, 1.82) is 0 Å². The van der Waals surface area contributed by atoms with Gasteiger partial charge < -0.3 is 14.8 Å². The summed E-state index contributed by atoms with van der Waals surface area (Å²) < 4.78 is 11.9. The molecule has 19 heavy (non-hydrogen) atoms. The van der Waals surface area contributed by atoms with E-state index in [1.165, 1.54) is 40.2 Å². The maximum atomic E-state index is 5.97. The Kier molecular flexibility index (Phi) is 2.69. The van der Waals surface area contributed by atoms with Gasteiger partial charge in [0.1, 0.15) is 11.5 Å². The number of hydrogen-bond acceptors (Lipinski definition) is 3. The lowest BCUT2D eigenvalue weighted by Crippen LogP contribution is -2.12. The van der Waals surface area contributed by atoms with Crippen molar-refractivity contribution in [2.45, 2.75) is 32.6 Å². The Morgan fingerprint density at radius 3 is 2.68 bits per heavy atom. The van der Waals surface area contributed by atoms with Crippen LogP contribution in [0.4, 0.5) is 0 Å². The number of fused-ring (bicyclic) bond motifs is 2. The average Bonchev–Trinajstić information content (AvgIpc) is 3.13. The van der Waals surface area contributed by atoms with E-state index in [1.54, 1.807) is 0 Å². The van der Waals surface area contributed by atoms with Crippen molar-refractivity contribution >= 4 is 0 Å². The van der Waals surface area contributed by atoms with Gasteiger partial charge in [-0.05, 0) is 44.3 Å². The van der Waals surface area contributed by atoms with E-state index >= 15 is 0 Å². The molecule has 1 atom stereocenters. The van der Waals surface area contributed by atoms with Gasteiger partial charge in [-0.25, -0.2) is 0 Å². The summed E-state index contributed by atoms with van der Waals surface area (Å²) in [5.41, 5.74) is 5.62. The first kappa shape index (κ1) is 11.6. The Bertz CT molecular complexity index is 483. The highest BCUT2D eigenvalue weighted by Crippen LogP contribution is 2.45. The molecule has 1 saturated heterocycles. The van der Waals surface area contributed by atoms with Crippen LogP contribution in [0.1, 0.15) is 28.7 Å². The molecule has 3 nitrogen and oxygen atoms in total. The molecule has 3 heterocycles. The van der Waals surface area contributed by atoms with E-state index in [9.17, 15) is 0 Å². The second-order valence-electron chi connectivity index (χ2n) is 5.98. The zero-order chi connectivity index (χ0) is 12.8. The molecule has 1 aromatic carbocycles. The normalized spacial score (nSPS) is 23.9. The van der Waals surface area contributed by atoms with Gasteiger partial charge in [-0.3, -0.25) is 0 Å². The van der Waals surface area contributed by atoms with Crippen molar-refractivity contribution in [3.8, 4) is 11.5 Å². The van der Waals surface area contributed by atoms with Gasteiger partial charge in [-0.15, -0.1) is 0 Å². The second kappa shape index (κ2) is 4.41. The molecular formula is C16H21NO2. The predicted molar refractivity (Wildman–Crippen MR) is 74.3 cm³/mol. The van der Waals surface area contributed by atoms with E-state index < -0.39 is 0 Å². The van der Waals surface area contributed by atoms with E-state index in [2.05, 4.69) is 12.2 Å². The quantitative estimate of drug-likeness (QED) is 0.881. The first-order chi connectivity index (χ1) is 9.34. The lowest BCUT2D eigenvalue weighted by molar-refractivity contribution is 0.351. The van der Waals surface area contributed by atoms with Crippen LogP contribution in [0.15, 0.2) is 0 Å². The van der Waals surface area contributed by atoms with E-state index in [1.807, 2.05) is 0 Å². The summed E-state index contributed by atoms with van der Waals surface area (Å²) in [4.78, 5) is 0. The molecule has 0 radical (unpaired) electrons. The Labute approximate surface area is 114 Å². The highest BCUT2D eigenvalue weighted by molar-refractivity contribution is 5.61. The fourth-order valence-electron chi connectivity index (χ4n) is 3.83. The van der Waals surface area contributed by atoms with Crippen molar-refractivity contribution in [1.82, 2.24) is 5.32 Å². The van der Waals surface area contributed by atoms with Crippen molar-refractivity contribution in [3.63, 3.8) is 0 Å². The Balaban J connectivity index is 1.80. The van der Waals surface area contributed by atoms with Gasteiger partial charge >= 0.3 is 0 Å². The van der Waals surface area contributed by atoms with Gasteiger partial charge in [0, 0.05) is 29.5 Å². The predicted octanol–water partition coefficient (Wildman–Crippen LogP) is 2.02. The second-order valence-corrected chi connectivity index (χ2v) is 5.98. The third-order valence-corrected chi connectivity index (χ3v) is 4.83. The van der Waals surface area contributed by atoms with Crippen LogP contribution in [-0.4, -0.2) is 26.3 Å². The topological polar surface area (TPSA) is 30.5 Å². The summed E-state index contributed by atoms with van der Waals surface area (Å²) in [5, 5.41) is 3.47. The summed E-state index contributed by atoms with van der Waals surface area (Å²) in [6.07, 6.45) is 4.55. The molecule has 1 aromatic rings. The molecule has 102 valence electrons. The van der Waals surface area contributed by atoms with Gasteiger partial charge in [0.05, 0.1) is 13.2 Å². The maximum absolute atomic E-state index is 5.97. The van der Waals surface area contributed by atoms with Gasteiger partial charge in [0.2, 0.25) is 0 Å². The standard InChI is InChI=1S/C16H21NO2/c1-10-12-3-6-19-16(12)14(8-11-2-5-17-9-11)13-4-7-18-15(10)13/h11,17H,2-9H2,1H3. The number of nitrogens with one attached hydrogen (secondary N) is 1. The molecule has 0 amide bonds. The molecule has 3 aliphatic rings. The van der Waals surface area contributed by atoms with Gasteiger partial charge in [0.25, 0.3) is 0 Å². The molecule has 0 aromatic heterocycles. The fraction of sp³-hybridized carbons (Fsp3) is 0.625. The number of benzene rings is 1. The average molecular weight is 259 g/mol. The lowest BCUT2D eigenvalue weighted by atomic mass is 9.89. The molecule has 0 aliphatic carbocycles. The van der Waals surface area contributed by atoms with Crippen LogP contribution >= 0.6 is 0 Å². The van der Waals surface area contributed by atoms with Crippen LogP contribution < -0.4 is 14.8 Å². The van der Waals surface area contributed by atoms with Crippen molar-refractivity contribution in [2.24, 2.45) is 5.92 Å². The molecule has 1 unspecified atom stereocenters. The molecular weight excluding hydrogens is 238 g/mol. The van der Waals surface area contributed by atoms with Crippen LogP contribution in [0.25, 0.3) is 0 Å². The third kappa shape index (κ3) is 1.75. The molecule has 0 saturated carbocycles. The van der Waals surface area contributed by atoms with Crippen LogP contribution in [-0.2, 0) is 19.3 Å². The van der Waals surface area contributed by atoms with Crippen LogP contribution in [0.2, 0.25) is 0 Å². The third-order valence-electron chi connectivity index (χ3n) is 4.83. The maximum Gasteiger partial charge on any atom is 0.126 e. The first-order valence-electron chi connectivity index (χ1n) is 7.48. The lowest BCUT2D eigenvalue weighted by Gasteiger charge is -2.18. The summed E-state index contributed by atoms with van der Waals surface area (Å²) in [7, 11) is 0. The number of hydrogen-bond donors (Lipinski definition) is 1. The highest BCUT2D eigenvalue weighted by atomic mass is 16.5. The van der Waals surface area contributed by atoms with E-state index in [0.29, 0.717) is 0 Å². The molecule has 3 aliphatic heterocycles. The van der Waals surface area contributed by atoms with Crippen molar-refractivity contribution < 1.29 is 9.47 Å². The monoisotopic (exact) mass is 259 g/mol. The van der Waals surface area contributed by atoms with Gasteiger partial charge in [-0.1, -0.05) is 0 Å². The van der Waals surface area contributed by atoms with Gasteiger partial charge in [-0.2, -0.15) is 0 Å². The van der Waals surface area contributed by atoms with Crippen LogP contribution in [0, 0.1) is 12.8 Å². The Morgan fingerprint density at radius 2 is 1.89 bits per heavy atom. The molecule has 4 rings (SSSR count). The molecule has 0 spiro atoms. The van der Waals surface area contributed by atoms with E-state index in [0.717, 1.165) is 51.5 Å². The zero-order valence-electron chi connectivity index (χ0n) is 11.6. The highest BCUT2D eigenvalue weighted by Gasteiger charge is 2.31. The summed E-state index contributed by atoms with van der Waals surface area (Å²) in [6, 6.07) is 0. The smallest absolute Gasteiger partial charge is 0.126 e. The largest absolute Gasteiger partial charge is 0.493 e. The molecule has 3 heteroatoms. The first-order valence-corrected chi connectivity index (χ1v) is 7.48. The van der Waals surface area contributed by atoms with Crippen molar-refractivity contribution in [3.05, 3.63) is 22.3 Å². The van der Waals surface area contributed by atoms with Crippen LogP contribution in [0.3, 0.4) is 0 Å². The Morgan fingerprint density at radius 1 is 1.11 bits per heavy atom. The van der Waals surface area contributed by atoms with Crippen molar-refractivity contribution in [2.75, 3.05) is 26.3 Å². The van der Waals surface area contributed by atoms with Crippen LogP contribution in [0.5, 0.6) is 11.5 Å².